The number of aryl methyl sites for hydroxylation is 1. The molecule has 2 atom stereocenters. The van der Waals surface area contributed by atoms with Crippen LogP contribution in [0.15, 0.2) is 24.5 Å². The lowest BCUT2D eigenvalue weighted by molar-refractivity contribution is 0.116. The Kier molecular flexibility index (Phi) is 6.84. The van der Waals surface area contributed by atoms with Crippen LogP contribution >= 0.6 is 22.9 Å². The summed E-state index contributed by atoms with van der Waals surface area (Å²) in [6.07, 6.45) is 6.81. The first-order valence-electron chi connectivity index (χ1n) is 11.2. The molecule has 1 fully saturated rings. The average Bonchev–Trinajstić information content (AvgIpc) is 3.46. The minimum Gasteiger partial charge on any atom is -0.494 e. The second-order valence-corrected chi connectivity index (χ2v) is 9.63. The van der Waals surface area contributed by atoms with Crippen molar-refractivity contribution in [1.82, 2.24) is 29.9 Å². The van der Waals surface area contributed by atoms with Crippen molar-refractivity contribution in [2.45, 2.75) is 44.4 Å². The van der Waals surface area contributed by atoms with Crippen LogP contribution in [0.5, 0.6) is 11.5 Å². The van der Waals surface area contributed by atoms with E-state index in [9.17, 15) is 5.11 Å². The Labute approximate surface area is 210 Å². The SMILES string of the molecule is COc1cc(OCc2ccnc(Nc3cn(C)nn3)n2)c(Cl)c2sc(N[C@H]3CCCC[C@@H]3O)nc12. The number of hydrogen-bond acceptors (Lipinski definition) is 11. The van der Waals surface area contributed by atoms with Crippen molar-refractivity contribution in [1.29, 1.82) is 0 Å². The van der Waals surface area contributed by atoms with Gasteiger partial charge in [-0.3, -0.25) is 4.68 Å². The third-order valence-electron chi connectivity index (χ3n) is 5.73. The molecule has 0 unspecified atom stereocenters. The highest BCUT2D eigenvalue weighted by Crippen LogP contribution is 2.44. The molecule has 0 saturated heterocycles. The molecule has 3 heterocycles. The van der Waals surface area contributed by atoms with E-state index >= 15 is 0 Å². The Morgan fingerprint density at radius 2 is 2.11 bits per heavy atom. The van der Waals surface area contributed by atoms with Crippen LogP contribution in [0, 0.1) is 0 Å². The molecule has 0 bridgehead atoms. The zero-order valence-electron chi connectivity index (χ0n) is 19.2. The summed E-state index contributed by atoms with van der Waals surface area (Å²) in [6.45, 7) is 0.171. The van der Waals surface area contributed by atoms with Crippen LogP contribution in [0.1, 0.15) is 31.4 Å². The van der Waals surface area contributed by atoms with Crippen LogP contribution in [0.25, 0.3) is 10.2 Å². The van der Waals surface area contributed by atoms with E-state index in [0.29, 0.717) is 44.6 Å². The van der Waals surface area contributed by atoms with E-state index in [2.05, 4.69) is 35.9 Å². The number of hydrogen-bond donors (Lipinski definition) is 3. The van der Waals surface area contributed by atoms with Gasteiger partial charge in [0.15, 0.2) is 10.9 Å². The summed E-state index contributed by atoms with van der Waals surface area (Å²) >= 11 is 8.13. The van der Waals surface area contributed by atoms with Crippen molar-refractivity contribution in [3.05, 3.63) is 35.2 Å². The van der Waals surface area contributed by atoms with Gasteiger partial charge in [0.2, 0.25) is 5.95 Å². The first-order chi connectivity index (χ1) is 17.0. The maximum atomic E-state index is 10.3. The molecular formula is C22H25ClN8O3S. The minimum atomic E-state index is -0.381. The van der Waals surface area contributed by atoms with Crippen molar-refractivity contribution in [3.8, 4) is 11.5 Å². The molecule has 0 radical (unpaired) electrons. The molecule has 0 spiro atoms. The third kappa shape index (κ3) is 5.24. The smallest absolute Gasteiger partial charge is 0.228 e. The number of thiazole rings is 1. The van der Waals surface area contributed by atoms with Gasteiger partial charge in [0.05, 0.1) is 35.8 Å². The largest absolute Gasteiger partial charge is 0.494 e. The quantitative estimate of drug-likeness (QED) is 0.316. The minimum absolute atomic E-state index is 0.0211. The molecule has 1 saturated carbocycles. The van der Waals surface area contributed by atoms with E-state index in [4.69, 9.17) is 21.1 Å². The fourth-order valence-corrected chi connectivity index (χ4v) is 5.25. The van der Waals surface area contributed by atoms with Crippen molar-refractivity contribution in [2.75, 3.05) is 17.7 Å². The van der Waals surface area contributed by atoms with Crippen LogP contribution in [-0.2, 0) is 13.7 Å². The van der Waals surface area contributed by atoms with Gasteiger partial charge in [0.1, 0.15) is 28.6 Å². The number of aliphatic hydroxyl groups is 1. The van der Waals surface area contributed by atoms with Gasteiger partial charge >= 0.3 is 0 Å². The standard InChI is InChI=1S/C22H25ClN8O3S/c1-31-10-17(29-30-31)27-21-24-8-7-12(25-21)11-34-15-9-16(33-2)19-20(18(15)23)35-22(28-19)26-13-5-3-4-6-14(13)32/h7-10,13-14,32H,3-6,11H2,1-2H3,(H,26,28)(H,24,25,27)/t13-,14-/m0/s1. The van der Waals surface area contributed by atoms with Crippen molar-refractivity contribution in [3.63, 3.8) is 0 Å². The number of halogens is 1. The molecule has 184 valence electrons. The maximum Gasteiger partial charge on any atom is 0.228 e. The second-order valence-electron chi connectivity index (χ2n) is 8.25. The lowest BCUT2D eigenvalue weighted by Gasteiger charge is -2.27. The van der Waals surface area contributed by atoms with Gasteiger partial charge in [-0.05, 0) is 18.9 Å². The number of ether oxygens (including phenoxy) is 2. The van der Waals surface area contributed by atoms with Crippen molar-refractivity contribution in [2.24, 2.45) is 7.05 Å². The van der Waals surface area contributed by atoms with Crippen LogP contribution in [0.3, 0.4) is 0 Å². The van der Waals surface area contributed by atoms with Gasteiger partial charge in [-0.25, -0.2) is 15.0 Å². The van der Waals surface area contributed by atoms with E-state index in [1.54, 1.807) is 43.4 Å². The number of methoxy groups -OCH3 is 1. The molecule has 1 aliphatic carbocycles. The Morgan fingerprint density at radius 3 is 2.89 bits per heavy atom. The molecule has 11 nitrogen and oxygen atoms in total. The highest BCUT2D eigenvalue weighted by molar-refractivity contribution is 7.22. The number of aromatic nitrogens is 6. The summed E-state index contributed by atoms with van der Waals surface area (Å²) in [7, 11) is 3.36. The van der Waals surface area contributed by atoms with Crippen LogP contribution < -0.4 is 20.1 Å². The Hall–Kier alpha value is -3.22. The van der Waals surface area contributed by atoms with Crippen LogP contribution in [-0.4, -0.2) is 54.3 Å². The molecule has 0 aliphatic heterocycles. The fraction of sp³-hybridized carbons (Fsp3) is 0.409. The van der Waals surface area contributed by atoms with Gasteiger partial charge in [-0.15, -0.1) is 5.10 Å². The van der Waals surface area contributed by atoms with Gasteiger partial charge in [0, 0.05) is 19.3 Å². The first-order valence-corrected chi connectivity index (χ1v) is 12.4. The predicted molar refractivity (Wildman–Crippen MR) is 134 cm³/mol. The van der Waals surface area contributed by atoms with E-state index in [1.165, 1.54) is 11.3 Å². The molecule has 3 aromatic heterocycles. The zero-order chi connectivity index (χ0) is 24.4. The van der Waals surface area contributed by atoms with E-state index < -0.39 is 0 Å². The molecule has 1 aromatic carbocycles. The van der Waals surface area contributed by atoms with Gasteiger partial charge < -0.3 is 25.2 Å². The van der Waals surface area contributed by atoms with E-state index in [0.717, 1.165) is 30.4 Å². The number of aliphatic hydroxyl groups excluding tert-OH is 1. The van der Waals surface area contributed by atoms with Gasteiger partial charge in [0.25, 0.3) is 0 Å². The Bertz CT molecular complexity index is 1330. The molecule has 1 aliphatic rings. The molecule has 35 heavy (non-hydrogen) atoms. The molecule has 4 aromatic rings. The first kappa shape index (κ1) is 23.5. The number of benzene rings is 1. The summed E-state index contributed by atoms with van der Waals surface area (Å²) < 4.78 is 13.9. The fourth-order valence-electron chi connectivity index (χ4n) is 3.97. The molecular weight excluding hydrogens is 492 g/mol. The Balaban J connectivity index is 1.34. The zero-order valence-corrected chi connectivity index (χ0v) is 20.8. The average molecular weight is 517 g/mol. The number of nitrogens with one attached hydrogen (secondary N) is 2. The molecule has 3 N–H and O–H groups in total. The topological polar surface area (TPSA) is 132 Å². The highest BCUT2D eigenvalue weighted by atomic mass is 35.5. The molecule has 5 rings (SSSR count). The van der Waals surface area contributed by atoms with Gasteiger partial charge in [-0.1, -0.05) is 41.0 Å². The normalized spacial score (nSPS) is 17.9. The summed E-state index contributed by atoms with van der Waals surface area (Å²) in [4.78, 5) is 13.3. The number of rotatable bonds is 8. The third-order valence-corrected chi connectivity index (χ3v) is 7.22. The summed E-state index contributed by atoms with van der Waals surface area (Å²) in [5, 5.41) is 25.7. The predicted octanol–water partition coefficient (Wildman–Crippen LogP) is 3.91. The maximum absolute atomic E-state index is 10.3. The van der Waals surface area contributed by atoms with Crippen LogP contribution in [0.2, 0.25) is 5.02 Å². The second kappa shape index (κ2) is 10.2. The van der Waals surface area contributed by atoms with E-state index in [1.807, 2.05) is 0 Å². The van der Waals surface area contributed by atoms with Gasteiger partial charge in [-0.2, -0.15) is 0 Å². The lowest BCUT2D eigenvalue weighted by Crippen LogP contribution is -2.36. The molecule has 0 amide bonds. The highest BCUT2D eigenvalue weighted by Gasteiger charge is 2.25. The summed E-state index contributed by atoms with van der Waals surface area (Å²) in [5.74, 6) is 1.94. The van der Waals surface area contributed by atoms with Crippen molar-refractivity contribution >= 4 is 50.1 Å². The number of anilines is 3. The summed E-state index contributed by atoms with van der Waals surface area (Å²) in [5.41, 5.74) is 1.31. The Morgan fingerprint density at radius 1 is 1.26 bits per heavy atom. The lowest BCUT2D eigenvalue weighted by atomic mass is 9.93. The number of fused-ring (bicyclic) bond motifs is 1. The van der Waals surface area contributed by atoms with Crippen molar-refractivity contribution < 1.29 is 14.6 Å². The van der Waals surface area contributed by atoms with E-state index in [-0.39, 0.29) is 18.8 Å². The number of nitrogens with zero attached hydrogens (tertiary/aromatic N) is 6. The monoisotopic (exact) mass is 516 g/mol. The summed E-state index contributed by atoms with van der Waals surface area (Å²) in [6, 6.07) is 3.46. The molecule has 13 heteroatoms. The van der Waals surface area contributed by atoms with Crippen LogP contribution in [0.4, 0.5) is 16.9 Å².